The lowest BCUT2D eigenvalue weighted by Crippen LogP contribution is -2.01. The summed E-state index contributed by atoms with van der Waals surface area (Å²) in [5.74, 6) is -0.546. The van der Waals surface area contributed by atoms with E-state index in [9.17, 15) is 13.2 Å². The molecular weight excluding hydrogens is 293 g/mol. The molecule has 4 nitrogen and oxygen atoms in total. The SMILES string of the molecule is Fc1ccc(-c2cnc3c(cnn3C(F)F)n2)cc1Cl. The van der Waals surface area contributed by atoms with Crippen LogP contribution in [0.25, 0.3) is 22.4 Å². The molecule has 2 aromatic heterocycles. The van der Waals surface area contributed by atoms with Crippen molar-refractivity contribution in [1.29, 1.82) is 0 Å². The molecule has 0 fully saturated rings. The summed E-state index contributed by atoms with van der Waals surface area (Å²) in [4.78, 5) is 8.07. The van der Waals surface area contributed by atoms with Crippen molar-refractivity contribution in [3.8, 4) is 11.3 Å². The average Bonchev–Trinajstić information content (AvgIpc) is 2.85. The first-order valence-corrected chi connectivity index (χ1v) is 5.88. The smallest absolute Gasteiger partial charge is 0.241 e. The van der Waals surface area contributed by atoms with E-state index < -0.39 is 12.4 Å². The summed E-state index contributed by atoms with van der Waals surface area (Å²) in [6.07, 6.45) is 2.51. The lowest BCUT2D eigenvalue weighted by atomic mass is 10.1. The highest BCUT2D eigenvalue weighted by molar-refractivity contribution is 6.31. The van der Waals surface area contributed by atoms with E-state index in [0.29, 0.717) is 15.9 Å². The Morgan fingerprint density at radius 1 is 1.20 bits per heavy atom. The Hall–Kier alpha value is -2.15. The lowest BCUT2D eigenvalue weighted by molar-refractivity contribution is 0.0608. The number of fused-ring (bicyclic) bond motifs is 1. The first-order chi connectivity index (χ1) is 9.56. The second-order valence-electron chi connectivity index (χ2n) is 3.96. The molecule has 2 heterocycles. The Balaban J connectivity index is 2.11. The van der Waals surface area contributed by atoms with Gasteiger partial charge >= 0.3 is 6.55 Å². The van der Waals surface area contributed by atoms with E-state index in [-0.39, 0.29) is 16.2 Å². The minimum atomic E-state index is -2.78. The molecule has 0 N–H and O–H groups in total. The summed E-state index contributed by atoms with van der Waals surface area (Å²) in [6, 6.07) is 4.07. The van der Waals surface area contributed by atoms with Gasteiger partial charge in [-0.2, -0.15) is 18.6 Å². The fourth-order valence-corrected chi connectivity index (χ4v) is 1.95. The maximum atomic E-state index is 13.1. The quantitative estimate of drug-likeness (QED) is 0.725. The fourth-order valence-electron chi connectivity index (χ4n) is 1.77. The monoisotopic (exact) mass is 298 g/mol. The van der Waals surface area contributed by atoms with Crippen molar-refractivity contribution in [2.75, 3.05) is 0 Å². The molecule has 0 aliphatic heterocycles. The van der Waals surface area contributed by atoms with Crippen LogP contribution in [0.15, 0.2) is 30.6 Å². The molecule has 0 aliphatic rings. The van der Waals surface area contributed by atoms with Crippen molar-refractivity contribution >= 4 is 22.8 Å². The van der Waals surface area contributed by atoms with E-state index in [1.165, 1.54) is 30.6 Å². The zero-order valence-electron chi connectivity index (χ0n) is 9.76. The molecule has 3 aromatic rings. The number of nitrogens with zero attached hydrogens (tertiary/aromatic N) is 4. The predicted molar refractivity (Wildman–Crippen MR) is 67.0 cm³/mol. The molecule has 20 heavy (non-hydrogen) atoms. The van der Waals surface area contributed by atoms with Gasteiger partial charge in [0, 0.05) is 5.56 Å². The fraction of sp³-hybridized carbons (Fsp3) is 0.0833. The van der Waals surface area contributed by atoms with Gasteiger partial charge in [0.1, 0.15) is 11.3 Å². The summed E-state index contributed by atoms with van der Waals surface area (Å²) in [6.45, 7) is -2.78. The predicted octanol–water partition coefficient (Wildman–Crippen LogP) is 3.68. The van der Waals surface area contributed by atoms with Gasteiger partial charge in [-0.15, -0.1) is 0 Å². The van der Waals surface area contributed by atoms with E-state index in [0.717, 1.165) is 0 Å². The van der Waals surface area contributed by atoms with Crippen LogP contribution in [0.1, 0.15) is 6.55 Å². The molecule has 1 aromatic carbocycles. The highest BCUT2D eigenvalue weighted by Gasteiger charge is 2.14. The Bertz CT molecular complexity index is 787. The molecular formula is C12H6ClF3N4. The maximum Gasteiger partial charge on any atom is 0.335 e. The number of hydrogen-bond acceptors (Lipinski definition) is 3. The van der Waals surface area contributed by atoms with Gasteiger partial charge in [0.2, 0.25) is 0 Å². The third-order valence-electron chi connectivity index (χ3n) is 2.70. The molecule has 0 unspecified atom stereocenters. The first-order valence-electron chi connectivity index (χ1n) is 5.50. The summed E-state index contributed by atoms with van der Waals surface area (Å²) < 4.78 is 38.8. The molecule has 0 radical (unpaired) electrons. The van der Waals surface area contributed by atoms with Crippen molar-refractivity contribution < 1.29 is 13.2 Å². The first kappa shape index (κ1) is 12.9. The number of rotatable bonds is 2. The van der Waals surface area contributed by atoms with E-state index in [4.69, 9.17) is 11.6 Å². The van der Waals surface area contributed by atoms with Gasteiger partial charge < -0.3 is 0 Å². The number of aromatic nitrogens is 4. The number of halogens is 4. The van der Waals surface area contributed by atoms with Crippen LogP contribution < -0.4 is 0 Å². The van der Waals surface area contributed by atoms with Gasteiger partial charge in [0.25, 0.3) is 0 Å². The normalized spacial score (nSPS) is 11.4. The number of hydrogen-bond donors (Lipinski definition) is 0. The van der Waals surface area contributed by atoms with Gasteiger partial charge in [-0.05, 0) is 18.2 Å². The average molecular weight is 299 g/mol. The van der Waals surface area contributed by atoms with Crippen LogP contribution in [-0.4, -0.2) is 19.7 Å². The number of alkyl halides is 2. The highest BCUT2D eigenvalue weighted by Crippen LogP contribution is 2.25. The van der Waals surface area contributed by atoms with Crippen molar-refractivity contribution in [1.82, 2.24) is 19.7 Å². The lowest BCUT2D eigenvalue weighted by Gasteiger charge is -2.03. The second-order valence-corrected chi connectivity index (χ2v) is 4.37. The van der Waals surface area contributed by atoms with E-state index >= 15 is 0 Å². The summed E-state index contributed by atoms with van der Waals surface area (Å²) in [5.41, 5.74) is 1.14. The Morgan fingerprint density at radius 3 is 2.70 bits per heavy atom. The molecule has 102 valence electrons. The Labute approximate surface area is 115 Å². The molecule has 3 rings (SSSR count). The van der Waals surface area contributed by atoms with E-state index in [1.807, 2.05) is 0 Å². The Kier molecular flexibility index (Phi) is 3.06. The van der Waals surface area contributed by atoms with E-state index in [1.54, 1.807) is 0 Å². The third kappa shape index (κ3) is 2.09. The molecule has 8 heteroatoms. The van der Waals surface area contributed by atoms with Crippen molar-refractivity contribution in [2.45, 2.75) is 6.55 Å². The molecule has 0 amide bonds. The van der Waals surface area contributed by atoms with Crippen LogP contribution in [0.4, 0.5) is 13.2 Å². The Morgan fingerprint density at radius 2 is 2.00 bits per heavy atom. The minimum absolute atomic E-state index is 0.0167. The topological polar surface area (TPSA) is 43.6 Å². The third-order valence-corrected chi connectivity index (χ3v) is 2.99. The standard InChI is InChI=1S/C12H6ClF3N4/c13-7-3-6(1-2-8(7)14)9-4-17-11-10(19-9)5-18-20(11)12(15)16/h1-5,12H. The van der Waals surface area contributed by atoms with Crippen LogP contribution in [0.2, 0.25) is 5.02 Å². The summed E-state index contributed by atoms with van der Waals surface area (Å²) in [7, 11) is 0. The zero-order valence-corrected chi connectivity index (χ0v) is 10.5. The summed E-state index contributed by atoms with van der Waals surface area (Å²) >= 11 is 5.69. The van der Waals surface area contributed by atoms with Crippen LogP contribution >= 0.6 is 11.6 Å². The van der Waals surface area contributed by atoms with Crippen molar-refractivity contribution in [2.24, 2.45) is 0 Å². The highest BCUT2D eigenvalue weighted by atomic mass is 35.5. The van der Waals surface area contributed by atoms with Crippen molar-refractivity contribution in [3.05, 3.63) is 41.4 Å². The number of benzene rings is 1. The van der Waals surface area contributed by atoms with Crippen LogP contribution in [0.5, 0.6) is 0 Å². The molecule has 0 spiro atoms. The van der Waals surface area contributed by atoms with Crippen molar-refractivity contribution in [3.63, 3.8) is 0 Å². The maximum absolute atomic E-state index is 13.1. The van der Waals surface area contributed by atoms with Gasteiger partial charge in [0.15, 0.2) is 5.65 Å². The van der Waals surface area contributed by atoms with Crippen LogP contribution in [0, 0.1) is 5.82 Å². The van der Waals surface area contributed by atoms with Gasteiger partial charge in [0.05, 0.1) is 23.1 Å². The van der Waals surface area contributed by atoms with Crippen LogP contribution in [0.3, 0.4) is 0 Å². The second kappa shape index (κ2) is 4.75. The minimum Gasteiger partial charge on any atom is -0.241 e. The largest absolute Gasteiger partial charge is 0.335 e. The molecule has 0 saturated carbocycles. The molecule has 0 bridgehead atoms. The molecule has 0 atom stereocenters. The van der Waals surface area contributed by atoms with Gasteiger partial charge in [-0.3, -0.25) is 0 Å². The summed E-state index contributed by atoms with van der Waals surface area (Å²) in [5, 5.41) is 3.47. The zero-order chi connectivity index (χ0) is 14.3. The molecule has 0 aliphatic carbocycles. The van der Waals surface area contributed by atoms with Gasteiger partial charge in [-0.25, -0.2) is 14.4 Å². The van der Waals surface area contributed by atoms with Gasteiger partial charge in [-0.1, -0.05) is 11.6 Å². The van der Waals surface area contributed by atoms with Crippen LogP contribution in [-0.2, 0) is 0 Å². The van der Waals surface area contributed by atoms with E-state index in [2.05, 4.69) is 15.1 Å². The molecule has 0 saturated heterocycles.